The van der Waals surface area contributed by atoms with Crippen molar-refractivity contribution >= 4 is 5.97 Å². The zero-order valence-corrected chi connectivity index (χ0v) is 10.1. The van der Waals surface area contributed by atoms with Crippen LogP contribution in [0.3, 0.4) is 0 Å². The summed E-state index contributed by atoms with van der Waals surface area (Å²) >= 11 is 0. The fourth-order valence-corrected chi connectivity index (χ4v) is 2.41. The molecular formula is C12H15N3O4. The van der Waals surface area contributed by atoms with Crippen LogP contribution in [0.4, 0.5) is 0 Å². The van der Waals surface area contributed by atoms with Crippen molar-refractivity contribution in [1.29, 1.82) is 0 Å². The van der Waals surface area contributed by atoms with Crippen LogP contribution in [0.1, 0.15) is 11.6 Å². The molecule has 0 amide bonds. The SMILES string of the molecule is NC1NNC(c2ccc3c(c2)OCCO3)C1C(=O)O. The average molecular weight is 265 g/mol. The van der Waals surface area contributed by atoms with Gasteiger partial charge in [-0.05, 0) is 17.7 Å². The lowest BCUT2D eigenvalue weighted by Gasteiger charge is -2.22. The second-order valence-electron chi connectivity index (χ2n) is 4.56. The van der Waals surface area contributed by atoms with Gasteiger partial charge >= 0.3 is 5.97 Å². The Kier molecular flexibility index (Phi) is 3.02. The second kappa shape index (κ2) is 4.69. The van der Waals surface area contributed by atoms with E-state index in [1.807, 2.05) is 6.07 Å². The van der Waals surface area contributed by atoms with E-state index in [-0.39, 0.29) is 0 Å². The first-order chi connectivity index (χ1) is 9.16. The molecule has 0 bridgehead atoms. The number of hydrazine groups is 1. The summed E-state index contributed by atoms with van der Waals surface area (Å²) < 4.78 is 10.9. The molecule has 0 saturated carbocycles. The molecule has 0 aliphatic carbocycles. The summed E-state index contributed by atoms with van der Waals surface area (Å²) in [6, 6.07) is 5.00. The Hall–Kier alpha value is -1.83. The molecule has 0 radical (unpaired) electrons. The van der Waals surface area contributed by atoms with Crippen molar-refractivity contribution in [3.63, 3.8) is 0 Å². The Morgan fingerprint density at radius 3 is 2.74 bits per heavy atom. The maximum atomic E-state index is 11.3. The molecule has 3 unspecified atom stereocenters. The quantitative estimate of drug-likeness (QED) is 0.576. The maximum absolute atomic E-state index is 11.3. The summed E-state index contributed by atoms with van der Waals surface area (Å²) in [5, 5.41) is 9.24. The minimum absolute atomic E-state index is 0.400. The predicted molar refractivity (Wildman–Crippen MR) is 65.5 cm³/mol. The number of fused-ring (bicyclic) bond motifs is 1. The van der Waals surface area contributed by atoms with E-state index in [0.717, 1.165) is 5.56 Å². The molecule has 7 heteroatoms. The minimum atomic E-state index is -0.940. The number of hydrogen-bond donors (Lipinski definition) is 4. The van der Waals surface area contributed by atoms with Gasteiger partial charge in [-0.3, -0.25) is 4.79 Å². The molecule has 7 nitrogen and oxygen atoms in total. The molecule has 0 spiro atoms. The Bertz CT molecular complexity index is 508. The van der Waals surface area contributed by atoms with Crippen molar-refractivity contribution in [2.75, 3.05) is 13.2 Å². The smallest absolute Gasteiger partial charge is 0.311 e. The third-order valence-corrected chi connectivity index (χ3v) is 3.36. The van der Waals surface area contributed by atoms with E-state index in [9.17, 15) is 9.90 Å². The van der Waals surface area contributed by atoms with Crippen LogP contribution in [0.2, 0.25) is 0 Å². The van der Waals surface area contributed by atoms with Crippen molar-refractivity contribution in [1.82, 2.24) is 10.9 Å². The van der Waals surface area contributed by atoms with Gasteiger partial charge in [-0.1, -0.05) is 6.07 Å². The Labute approximate surface area is 109 Å². The number of nitrogens with two attached hydrogens (primary N) is 1. The number of aliphatic carboxylic acids is 1. The van der Waals surface area contributed by atoms with Gasteiger partial charge in [0.05, 0.1) is 12.2 Å². The molecule has 1 aromatic rings. The monoisotopic (exact) mass is 265 g/mol. The molecule has 3 rings (SSSR count). The highest BCUT2D eigenvalue weighted by Gasteiger charge is 2.40. The normalized spacial score (nSPS) is 29.2. The van der Waals surface area contributed by atoms with Gasteiger partial charge < -0.3 is 20.3 Å². The zero-order valence-electron chi connectivity index (χ0n) is 10.1. The summed E-state index contributed by atoms with van der Waals surface area (Å²) in [6.45, 7) is 1.02. The highest BCUT2D eigenvalue weighted by molar-refractivity contribution is 5.72. The molecular weight excluding hydrogens is 250 g/mol. The molecule has 1 saturated heterocycles. The van der Waals surface area contributed by atoms with Crippen LogP contribution in [0.15, 0.2) is 18.2 Å². The highest BCUT2D eigenvalue weighted by Crippen LogP contribution is 2.35. The largest absolute Gasteiger partial charge is 0.486 e. The first-order valence-corrected chi connectivity index (χ1v) is 6.06. The third kappa shape index (κ3) is 2.12. The summed E-state index contributed by atoms with van der Waals surface area (Å²) in [5.74, 6) is -0.361. The van der Waals surface area contributed by atoms with Gasteiger partial charge in [-0.25, -0.2) is 10.9 Å². The van der Waals surface area contributed by atoms with Crippen molar-refractivity contribution in [2.24, 2.45) is 11.7 Å². The standard InChI is InChI=1S/C12H15N3O4/c13-11-9(12(16)17)10(14-15-11)6-1-2-7-8(5-6)19-4-3-18-7/h1-2,5,9-11,14-15H,3-4,13H2,(H,16,17). The van der Waals surface area contributed by atoms with Gasteiger partial charge in [0, 0.05) is 0 Å². The molecule has 2 aliphatic rings. The number of carbonyl (C=O) groups is 1. The average Bonchev–Trinajstić information content (AvgIpc) is 2.80. The van der Waals surface area contributed by atoms with Gasteiger partial charge in [0.25, 0.3) is 0 Å². The number of carboxylic acid groups (broad SMARTS) is 1. The number of ether oxygens (including phenoxy) is 2. The van der Waals surface area contributed by atoms with Crippen LogP contribution in [-0.4, -0.2) is 30.5 Å². The first-order valence-electron chi connectivity index (χ1n) is 6.06. The summed E-state index contributed by atoms with van der Waals surface area (Å²) in [4.78, 5) is 11.3. The first kappa shape index (κ1) is 12.2. The fraction of sp³-hybridized carbons (Fsp3) is 0.417. The summed E-state index contributed by atoms with van der Waals surface area (Å²) in [6.07, 6.45) is -0.629. The lowest BCUT2D eigenvalue weighted by molar-refractivity contribution is -0.142. The van der Waals surface area contributed by atoms with Crippen molar-refractivity contribution in [3.8, 4) is 11.5 Å². The van der Waals surface area contributed by atoms with Gasteiger partial charge in [0.1, 0.15) is 19.1 Å². The Morgan fingerprint density at radius 1 is 1.26 bits per heavy atom. The van der Waals surface area contributed by atoms with Crippen molar-refractivity contribution in [3.05, 3.63) is 23.8 Å². The molecule has 102 valence electrons. The van der Waals surface area contributed by atoms with E-state index in [1.54, 1.807) is 12.1 Å². The Morgan fingerprint density at radius 2 is 2.00 bits per heavy atom. The summed E-state index contributed by atoms with van der Waals surface area (Å²) in [5.41, 5.74) is 12.2. The summed E-state index contributed by atoms with van der Waals surface area (Å²) in [7, 11) is 0. The topological polar surface area (TPSA) is 106 Å². The van der Waals surface area contributed by atoms with E-state index in [0.29, 0.717) is 24.7 Å². The van der Waals surface area contributed by atoms with Gasteiger partial charge in [-0.15, -0.1) is 0 Å². The van der Waals surface area contributed by atoms with E-state index in [4.69, 9.17) is 15.2 Å². The van der Waals surface area contributed by atoms with Crippen LogP contribution in [0, 0.1) is 5.92 Å². The molecule has 2 heterocycles. The number of nitrogens with one attached hydrogen (secondary N) is 2. The highest BCUT2D eigenvalue weighted by atomic mass is 16.6. The number of hydrogen-bond acceptors (Lipinski definition) is 6. The maximum Gasteiger partial charge on any atom is 0.311 e. The molecule has 5 N–H and O–H groups in total. The lowest BCUT2D eigenvalue weighted by atomic mass is 9.93. The number of benzene rings is 1. The van der Waals surface area contributed by atoms with Crippen LogP contribution >= 0.6 is 0 Å². The van der Waals surface area contributed by atoms with E-state index >= 15 is 0 Å². The Balaban J connectivity index is 1.91. The van der Waals surface area contributed by atoms with Crippen LogP contribution in [0.25, 0.3) is 0 Å². The van der Waals surface area contributed by atoms with Gasteiger partial charge in [0.2, 0.25) is 0 Å². The molecule has 1 fully saturated rings. The number of rotatable bonds is 2. The van der Waals surface area contributed by atoms with Crippen molar-refractivity contribution < 1.29 is 19.4 Å². The van der Waals surface area contributed by atoms with Crippen molar-refractivity contribution in [2.45, 2.75) is 12.2 Å². The molecule has 3 atom stereocenters. The predicted octanol–water partition coefficient (Wildman–Crippen LogP) is -0.408. The zero-order chi connectivity index (χ0) is 13.4. The van der Waals surface area contributed by atoms with Gasteiger partial charge in [-0.2, -0.15) is 0 Å². The molecule has 0 aromatic heterocycles. The molecule has 19 heavy (non-hydrogen) atoms. The minimum Gasteiger partial charge on any atom is -0.486 e. The van der Waals surface area contributed by atoms with E-state index in [1.165, 1.54) is 0 Å². The van der Waals surface area contributed by atoms with E-state index in [2.05, 4.69) is 10.9 Å². The lowest BCUT2D eigenvalue weighted by Crippen LogP contribution is -2.41. The second-order valence-corrected chi connectivity index (χ2v) is 4.56. The van der Waals surface area contributed by atoms with Crippen LogP contribution < -0.4 is 26.1 Å². The molecule has 1 aromatic carbocycles. The third-order valence-electron chi connectivity index (χ3n) is 3.36. The van der Waals surface area contributed by atoms with Crippen LogP contribution in [0.5, 0.6) is 11.5 Å². The number of carboxylic acids is 1. The van der Waals surface area contributed by atoms with Gasteiger partial charge in [0.15, 0.2) is 11.5 Å². The van der Waals surface area contributed by atoms with E-state index < -0.39 is 24.1 Å². The van der Waals surface area contributed by atoms with Crippen LogP contribution in [-0.2, 0) is 4.79 Å². The fourth-order valence-electron chi connectivity index (χ4n) is 2.41. The molecule has 2 aliphatic heterocycles.